The third kappa shape index (κ3) is 5.21. The Bertz CT molecular complexity index is 850. The van der Waals surface area contributed by atoms with Gasteiger partial charge in [0.25, 0.3) is 0 Å². The third-order valence-electron chi connectivity index (χ3n) is 4.69. The largest absolute Gasteiger partial charge is 0.488 e. The highest BCUT2D eigenvalue weighted by molar-refractivity contribution is 6.13. The molecule has 0 bridgehead atoms. The number of nitrogens with two attached hydrogens (primary N) is 1. The summed E-state index contributed by atoms with van der Waals surface area (Å²) >= 11 is 0. The van der Waals surface area contributed by atoms with Gasteiger partial charge in [0.1, 0.15) is 24.0 Å². The van der Waals surface area contributed by atoms with Gasteiger partial charge in [-0.2, -0.15) is 0 Å². The number of rotatable bonds is 7. The quantitative estimate of drug-likeness (QED) is 0.544. The molecule has 0 amide bonds. The topological polar surface area (TPSA) is 107 Å². The van der Waals surface area contributed by atoms with E-state index in [9.17, 15) is 0 Å². The molecule has 1 saturated heterocycles. The number of hydrogen-bond donors (Lipinski definition) is 2. The van der Waals surface area contributed by atoms with E-state index in [1.807, 2.05) is 26.8 Å². The summed E-state index contributed by atoms with van der Waals surface area (Å²) in [6, 6.07) is 7.13. The number of nitrogen functional groups attached to an aromatic ring is 1. The number of aromatic nitrogens is 2. The number of ether oxygens (including phenoxy) is 3. The molecule has 1 aromatic heterocycles. The highest BCUT2D eigenvalue weighted by atomic mass is 16.5. The van der Waals surface area contributed by atoms with Crippen LogP contribution in [0.25, 0.3) is 0 Å². The first-order chi connectivity index (χ1) is 13.9. The van der Waals surface area contributed by atoms with Gasteiger partial charge in [0.15, 0.2) is 0 Å². The van der Waals surface area contributed by atoms with Crippen LogP contribution < -0.4 is 15.4 Å². The van der Waals surface area contributed by atoms with Crippen molar-refractivity contribution in [3.63, 3.8) is 0 Å². The molecule has 1 aliphatic rings. The second-order valence-electron chi connectivity index (χ2n) is 7.43. The molecule has 156 valence electrons. The third-order valence-corrected chi connectivity index (χ3v) is 4.69. The van der Waals surface area contributed by atoms with Crippen LogP contribution in [0.5, 0.6) is 5.75 Å². The molecule has 1 fully saturated rings. The molecular formula is C21H29N5O3. The molecule has 0 aliphatic carbocycles. The molecule has 8 nitrogen and oxygen atoms in total. The van der Waals surface area contributed by atoms with Crippen LogP contribution in [0.1, 0.15) is 32.0 Å². The summed E-state index contributed by atoms with van der Waals surface area (Å²) in [5, 5.41) is 8.67. The molecular weight excluding hydrogens is 370 g/mol. The number of morpholine rings is 1. The maximum Gasteiger partial charge on any atom is 0.132 e. The average Bonchev–Trinajstić information content (AvgIpc) is 2.68. The molecule has 29 heavy (non-hydrogen) atoms. The zero-order valence-corrected chi connectivity index (χ0v) is 17.4. The normalized spacial score (nSPS) is 20.3. The number of anilines is 2. The van der Waals surface area contributed by atoms with E-state index in [1.54, 1.807) is 25.3 Å². The van der Waals surface area contributed by atoms with Crippen LogP contribution in [0, 0.1) is 5.41 Å². The fourth-order valence-electron chi connectivity index (χ4n) is 3.49. The van der Waals surface area contributed by atoms with Crippen molar-refractivity contribution < 1.29 is 14.2 Å². The predicted molar refractivity (Wildman–Crippen MR) is 113 cm³/mol. The van der Waals surface area contributed by atoms with Crippen molar-refractivity contribution in [2.75, 3.05) is 37.4 Å². The van der Waals surface area contributed by atoms with Crippen molar-refractivity contribution in [3.05, 3.63) is 41.9 Å². The lowest BCUT2D eigenvalue weighted by molar-refractivity contribution is -0.00546. The van der Waals surface area contributed by atoms with Crippen molar-refractivity contribution in [1.29, 1.82) is 5.41 Å². The van der Waals surface area contributed by atoms with Crippen LogP contribution in [-0.4, -0.2) is 60.8 Å². The number of benzene rings is 1. The molecule has 0 spiro atoms. The minimum absolute atomic E-state index is 0.110. The summed E-state index contributed by atoms with van der Waals surface area (Å²) in [5.74, 6) is 1.41. The summed E-state index contributed by atoms with van der Waals surface area (Å²) in [6.07, 6.45) is 1.62. The first kappa shape index (κ1) is 21.0. The molecule has 1 aromatic carbocycles. The maximum absolute atomic E-state index is 8.67. The highest BCUT2D eigenvalue weighted by Gasteiger charge is 2.24. The Morgan fingerprint density at radius 3 is 2.69 bits per heavy atom. The van der Waals surface area contributed by atoms with Gasteiger partial charge in [-0.1, -0.05) is 0 Å². The smallest absolute Gasteiger partial charge is 0.132 e. The molecule has 0 saturated carbocycles. The molecule has 0 radical (unpaired) electrons. The summed E-state index contributed by atoms with van der Waals surface area (Å²) in [7, 11) is 1.63. The Morgan fingerprint density at radius 1 is 1.28 bits per heavy atom. The number of nitrogens with one attached hydrogen (secondary N) is 1. The van der Waals surface area contributed by atoms with Gasteiger partial charge in [0, 0.05) is 37.5 Å². The molecule has 0 unspecified atom stereocenters. The lowest BCUT2D eigenvalue weighted by Crippen LogP contribution is -2.45. The van der Waals surface area contributed by atoms with Crippen LogP contribution in [-0.2, 0) is 9.47 Å². The van der Waals surface area contributed by atoms with E-state index >= 15 is 0 Å². The SMILES string of the molecule is COC[C@@H](C)Oc1ccc(N)c(C(=N)c2cc(N3C[C@@H](C)O[C@@H](C)C3)ncn2)c1. The van der Waals surface area contributed by atoms with Crippen molar-refractivity contribution in [2.45, 2.75) is 39.1 Å². The van der Waals surface area contributed by atoms with Crippen LogP contribution in [0.3, 0.4) is 0 Å². The summed E-state index contributed by atoms with van der Waals surface area (Å²) < 4.78 is 16.8. The molecule has 3 N–H and O–H groups in total. The van der Waals surface area contributed by atoms with E-state index in [4.69, 9.17) is 25.4 Å². The van der Waals surface area contributed by atoms with Crippen LogP contribution in [0.15, 0.2) is 30.6 Å². The standard InChI is InChI=1S/C21H29N5O3/c1-13-9-26(10-14(2)28-13)20-8-19(24-12-25-20)21(23)17-7-16(5-6-18(17)22)29-15(3)11-27-4/h5-8,12-15,23H,9-11,22H2,1-4H3/t13-,14+,15-/m1/s1. The van der Waals surface area contributed by atoms with Gasteiger partial charge < -0.3 is 24.8 Å². The second-order valence-corrected chi connectivity index (χ2v) is 7.43. The zero-order valence-electron chi connectivity index (χ0n) is 17.4. The molecule has 3 atom stereocenters. The van der Waals surface area contributed by atoms with E-state index in [0.717, 1.165) is 18.9 Å². The predicted octanol–water partition coefficient (Wildman–Crippen LogP) is 2.50. The second kappa shape index (κ2) is 9.19. The van der Waals surface area contributed by atoms with Crippen molar-refractivity contribution >= 4 is 17.2 Å². The average molecular weight is 399 g/mol. The van der Waals surface area contributed by atoms with E-state index < -0.39 is 0 Å². The van der Waals surface area contributed by atoms with Gasteiger partial charge in [-0.15, -0.1) is 0 Å². The van der Waals surface area contributed by atoms with Gasteiger partial charge in [0.2, 0.25) is 0 Å². The van der Waals surface area contributed by atoms with Crippen LogP contribution in [0.4, 0.5) is 11.5 Å². The summed E-state index contributed by atoms with van der Waals surface area (Å²) in [5.41, 5.74) is 7.95. The molecule has 1 aliphatic heterocycles. The fraction of sp³-hybridized carbons (Fsp3) is 0.476. The Hall–Kier alpha value is -2.71. The maximum atomic E-state index is 8.67. The van der Waals surface area contributed by atoms with E-state index in [-0.39, 0.29) is 24.0 Å². The summed E-state index contributed by atoms with van der Waals surface area (Å²) in [6.45, 7) is 7.98. The van der Waals surface area contributed by atoms with Gasteiger partial charge in [-0.05, 0) is 39.0 Å². The van der Waals surface area contributed by atoms with Gasteiger partial charge in [0.05, 0.1) is 30.2 Å². The first-order valence-corrected chi connectivity index (χ1v) is 9.74. The van der Waals surface area contributed by atoms with E-state index in [1.165, 1.54) is 6.33 Å². The lowest BCUT2D eigenvalue weighted by Gasteiger charge is -2.36. The lowest BCUT2D eigenvalue weighted by atomic mass is 10.0. The van der Waals surface area contributed by atoms with E-state index in [0.29, 0.717) is 29.3 Å². The number of hydrogen-bond acceptors (Lipinski definition) is 8. The molecule has 2 heterocycles. The van der Waals surface area contributed by atoms with Crippen LogP contribution >= 0.6 is 0 Å². The van der Waals surface area contributed by atoms with Crippen molar-refractivity contribution in [2.24, 2.45) is 0 Å². The number of nitrogens with zero attached hydrogens (tertiary/aromatic N) is 3. The monoisotopic (exact) mass is 399 g/mol. The van der Waals surface area contributed by atoms with E-state index in [2.05, 4.69) is 14.9 Å². The minimum atomic E-state index is -0.110. The molecule has 8 heteroatoms. The molecule has 3 rings (SSSR count). The first-order valence-electron chi connectivity index (χ1n) is 9.74. The highest BCUT2D eigenvalue weighted by Crippen LogP contribution is 2.25. The zero-order chi connectivity index (χ0) is 21.0. The van der Waals surface area contributed by atoms with Gasteiger partial charge >= 0.3 is 0 Å². The Labute approximate surface area is 171 Å². The fourth-order valence-corrected chi connectivity index (χ4v) is 3.49. The van der Waals surface area contributed by atoms with Crippen molar-refractivity contribution in [3.8, 4) is 5.75 Å². The van der Waals surface area contributed by atoms with Crippen LogP contribution in [0.2, 0.25) is 0 Å². The van der Waals surface area contributed by atoms with Gasteiger partial charge in [-0.3, -0.25) is 5.41 Å². The minimum Gasteiger partial charge on any atom is -0.488 e. The summed E-state index contributed by atoms with van der Waals surface area (Å²) in [4.78, 5) is 10.9. The van der Waals surface area contributed by atoms with Crippen molar-refractivity contribution in [1.82, 2.24) is 9.97 Å². The van der Waals surface area contributed by atoms with Gasteiger partial charge in [-0.25, -0.2) is 9.97 Å². The molecule has 2 aromatic rings. The Kier molecular flexibility index (Phi) is 6.66. The number of methoxy groups -OCH3 is 1. The Balaban J connectivity index is 1.83. The Morgan fingerprint density at radius 2 is 2.00 bits per heavy atom.